The number of nitrogens with zero attached hydrogens (tertiary/aromatic N) is 2. The molecule has 0 radical (unpaired) electrons. The largest absolute Gasteiger partial charge is 0.462 e. The summed E-state index contributed by atoms with van der Waals surface area (Å²) in [6.07, 6.45) is 0. The number of carbonyl (C=O) groups excluding carboxylic acids is 2. The molecule has 0 saturated heterocycles. The van der Waals surface area contributed by atoms with Crippen molar-refractivity contribution in [2.75, 3.05) is 13.2 Å². The van der Waals surface area contributed by atoms with Gasteiger partial charge in [-0.1, -0.05) is 24.3 Å². The van der Waals surface area contributed by atoms with Crippen LogP contribution in [0.4, 0.5) is 11.4 Å². The van der Waals surface area contributed by atoms with Crippen LogP contribution in [0.3, 0.4) is 0 Å². The molecule has 0 saturated carbocycles. The normalized spacial score (nSPS) is 10.6. The molecule has 2 aromatic carbocycles. The van der Waals surface area contributed by atoms with Crippen LogP contribution < -0.4 is 0 Å². The first-order valence-electron chi connectivity index (χ1n) is 7.61. The molecule has 0 N–H and O–H groups in total. The second-order valence-corrected chi connectivity index (χ2v) is 4.68. The third-order valence-corrected chi connectivity index (χ3v) is 3.06. The molecule has 0 heterocycles. The van der Waals surface area contributed by atoms with Crippen LogP contribution in [-0.2, 0) is 9.47 Å². The lowest BCUT2D eigenvalue weighted by Crippen LogP contribution is -2.05. The summed E-state index contributed by atoms with van der Waals surface area (Å²) >= 11 is 0. The molecule has 0 spiro atoms. The lowest BCUT2D eigenvalue weighted by Gasteiger charge is -2.05. The lowest BCUT2D eigenvalue weighted by atomic mass is 10.2. The zero-order valence-corrected chi connectivity index (χ0v) is 13.6. The van der Waals surface area contributed by atoms with Crippen LogP contribution in [0.5, 0.6) is 0 Å². The van der Waals surface area contributed by atoms with E-state index in [2.05, 4.69) is 10.2 Å². The van der Waals surface area contributed by atoms with Gasteiger partial charge in [0.05, 0.1) is 24.3 Å². The summed E-state index contributed by atoms with van der Waals surface area (Å²) < 4.78 is 10.00. The fraction of sp³-hybridized carbons (Fsp3) is 0.222. The first kappa shape index (κ1) is 17.3. The minimum atomic E-state index is -0.467. The van der Waals surface area contributed by atoms with E-state index >= 15 is 0 Å². The van der Waals surface area contributed by atoms with Crippen LogP contribution in [0.2, 0.25) is 0 Å². The second kappa shape index (κ2) is 8.57. The average Bonchev–Trinajstić information content (AvgIpc) is 2.61. The number of hydrogen-bond acceptors (Lipinski definition) is 6. The summed E-state index contributed by atoms with van der Waals surface area (Å²) in [7, 11) is 0. The molecule has 24 heavy (non-hydrogen) atoms. The van der Waals surface area contributed by atoms with E-state index in [0.717, 1.165) is 0 Å². The van der Waals surface area contributed by atoms with Crippen LogP contribution >= 0.6 is 0 Å². The quantitative estimate of drug-likeness (QED) is 0.580. The molecule has 0 aliphatic rings. The summed E-state index contributed by atoms with van der Waals surface area (Å²) in [4.78, 5) is 23.9. The molecule has 0 aliphatic carbocycles. The van der Waals surface area contributed by atoms with Crippen molar-refractivity contribution >= 4 is 23.3 Å². The third kappa shape index (κ3) is 4.25. The maximum Gasteiger partial charge on any atom is 0.340 e. The fourth-order valence-corrected chi connectivity index (χ4v) is 1.99. The van der Waals surface area contributed by atoms with Gasteiger partial charge in [0.15, 0.2) is 0 Å². The molecule has 2 aromatic rings. The summed E-state index contributed by atoms with van der Waals surface area (Å²) in [5, 5.41) is 8.20. The standard InChI is InChI=1S/C18H18N2O4/c1-3-23-17(21)13-9-5-7-11-15(13)19-20-16-12-8-6-10-14(16)18(22)24-4-2/h5-12H,3-4H2,1-2H3. The van der Waals surface area contributed by atoms with Gasteiger partial charge in [-0.05, 0) is 38.1 Å². The molecule has 0 atom stereocenters. The number of azo groups is 1. The number of rotatable bonds is 6. The van der Waals surface area contributed by atoms with Crippen molar-refractivity contribution in [2.24, 2.45) is 10.2 Å². The van der Waals surface area contributed by atoms with E-state index in [0.29, 0.717) is 22.5 Å². The maximum absolute atomic E-state index is 11.9. The van der Waals surface area contributed by atoms with Gasteiger partial charge >= 0.3 is 11.9 Å². The molecule has 124 valence electrons. The molecular formula is C18H18N2O4. The number of esters is 2. The summed E-state index contributed by atoms with van der Waals surface area (Å²) in [5.74, 6) is -0.934. The van der Waals surface area contributed by atoms with Gasteiger partial charge in [0.2, 0.25) is 0 Å². The molecule has 6 nitrogen and oxygen atoms in total. The van der Waals surface area contributed by atoms with E-state index < -0.39 is 11.9 Å². The number of carbonyl (C=O) groups is 2. The first-order chi connectivity index (χ1) is 11.7. The van der Waals surface area contributed by atoms with E-state index in [4.69, 9.17) is 9.47 Å². The highest BCUT2D eigenvalue weighted by molar-refractivity contribution is 5.95. The molecule has 0 fully saturated rings. The molecule has 0 bridgehead atoms. The number of benzene rings is 2. The Morgan fingerprint density at radius 3 is 1.50 bits per heavy atom. The van der Waals surface area contributed by atoms with Crippen molar-refractivity contribution < 1.29 is 19.1 Å². The van der Waals surface area contributed by atoms with Gasteiger partial charge < -0.3 is 9.47 Å². The Kier molecular flexibility index (Phi) is 6.19. The average molecular weight is 326 g/mol. The highest BCUT2D eigenvalue weighted by atomic mass is 16.5. The van der Waals surface area contributed by atoms with Crippen molar-refractivity contribution in [1.82, 2.24) is 0 Å². The van der Waals surface area contributed by atoms with Crippen molar-refractivity contribution in [1.29, 1.82) is 0 Å². The lowest BCUT2D eigenvalue weighted by molar-refractivity contribution is 0.0517. The van der Waals surface area contributed by atoms with Crippen molar-refractivity contribution in [3.05, 3.63) is 59.7 Å². The van der Waals surface area contributed by atoms with Gasteiger partial charge in [-0.3, -0.25) is 0 Å². The van der Waals surface area contributed by atoms with Gasteiger partial charge in [0.25, 0.3) is 0 Å². The van der Waals surface area contributed by atoms with E-state index in [1.807, 2.05) is 0 Å². The fourth-order valence-electron chi connectivity index (χ4n) is 1.99. The van der Waals surface area contributed by atoms with Crippen LogP contribution in [-0.4, -0.2) is 25.2 Å². The summed E-state index contributed by atoms with van der Waals surface area (Å²) in [6, 6.07) is 13.5. The topological polar surface area (TPSA) is 77.3 Å². The van der Waals surface area contributed by atoms with E-state index in [-0.39, 0.29) is 13.2 Å². The highest BCUT2D eigenvalue weighted by Gasteiger charge is 2.13. The molecule has 2 rings (SSSR count). The van der Waals surface area contributed by atoms with Gasteiger partial charge in [-0.15, -0.1) is 10.2 Å². The third-order valence-electron chi connectivity index (χ3n) is 3.06. The van der Waals surface area contributed by atoms with Crippen LogP contribution in [0.1, 0.15) is 34.6 Å². The SMILES string of the molecule is CCOC(=O)c1ccccc1N=Nc1ccccc1C(=O)OCC. The molecular weight excluding hydrogens is 308 g/mol. The molecule has 0 aliphatic heterocycles. The Balaban J connectivity index is 2.33. The minimum Gasteiger partial charge on any atom is -0.462 e. The molecule has 6 heteroatoms. The Morgan fingerprint density at radius 2 is 1.12 bits per heavy atom. The zero-order chi connectivity index (χ0) is 17.4. The predicted octanol–water partition coefficient (Wildman–Crippen LogP) is 4.46. The van der Waals surface area contributed by atoms with E-state index in [9.17, 15) is 9.59 Å². The van der Waals surface area contributed by atoms with Crippen LogP contribution in [0, 0.1) is 0 Å². The predicted molar refractivity (Wildman–Crippen MR) is 89.0 cm³/mol. The van der Waals surface area contributed by atoms with Gasteiger partial charge in [0, 0.05) is 0 Å². The van der Waals surface area contributed by atoms with Gasteiger partial charge in [-0.25, -0.2) is 9.59 Å². The van der Waals surface area contributed by atoms with E-state index in [1.165, 1.54) is 0 Å². The molecule has 0 aromatic heterocycles. The van der Waals surface area contributed by atoms with Gasteiger partial charge in [0.1, 0.15) is 11.4 Å². The monoisotopic (exact) mass is 326 g/mol. The second-order valence-electron chi connectivity index (χ2n) is 4.68. The van der Waals surface area contributed by atoms with Crippen molar-refractivity contribution in [3.63, 3.8) is 0 Å². The smallest absolute Gasteiger partial charge is 0.340 e. The molecule has 0 amide bonds. The maximum atomic E-state index is 11.9. The summed E-state index contributed by atoms with van der Waals surface area (Å²) in [6.45, 7) is 4.02. The number of ether oxygens (including phenoxy) is 2. The van der Waals surface area contributed by atoms with Crippen LogP contribution in [0.15, 0.2) is 58.8 Å². The van der Waals surface area contributed by atoms with Gasteiger partial charge in [-0.2, -0.15) is 0 Å². The Labute approximate surface area is 140 Å². The Bertz CT molecular complexity index is 693. The zero-order valence-electron chi connectivity index (χ0n) is 13.6. The van der Waals surface area contributed by atoms with E-state index in [1.54, 1.807) is 62.4 Å². The first-order valence-corrected chi connectivity index (χ1v) is 7.61. The van der Waals surface area contributed by atoms with Crippen LogP contribution in [0.25, 0.3) is 0 Å². The highest BCUT2D eigenvalue weighted by Crippen LogP contribution is 2.25. The van der Waals surface area contributed by atoms with Crippen molar-refractivity contribution in [3.8, 4) is 0 Å². The number of hydrogen-bond donors (Lipinski definition) is 0. The van der Waals surface area contributed by atoms with Crippen molar-refractivity contribution in [2.45, 2.75) is 13.8 Å². The molecule has 0 unspecified atom stereocenters. The summed E-state index contributed by atoms with van der Waals surface area (Å²) in [5.41, 5.74) is 1.37. The Hall–Kier alpha value is -3.02. The minimum absolute atomic E-state index is 0.274. The Morgan fingerprint density at radius 1 is 0.750 bits per heavy atom.